The molecule has 3 heterocycles. The predicted octanol–water partition coefficient (Wildman–Crippen LogP) is 2.73. The summed E-state index contributed by atoms with van der Waals surface area (Å²) in [5, 5.41) is 1.93. The molecule has 1 atom stereocenters. The van der Waals surface area contributed by atoms with Crippen LogP contribution in [0.5, 0.6) is 0 Å². The van der Waals surface area contributed by atoms with Gasteiger partial charge in [-0.05, 0) is 12.1 Å². The second-order valence-corrected chi connectivity index (χ2v) is 6.03. The van der Waals surface area contributed by atoms with Crippen LogP contribution in [-0.2, 0) is 11.2 Å². The third-order valence-corrected chi connectivity index (χ3v) is 4.51. The smallest absolute Gasteiger partial charge is 0.418 e. The normalized spacial score (nSPS) is 18.6. The molecule has 0 radical (unpaired) electrons. The van der Waals surface area contributed by atoms with Gasteiger partial charge in [-0.15, -0.1) is 11.8 Å². The summed E-state index contributed by atoms with van der Waals surface area (Å²) in [5.41, 5.74) is 0. The van der Waals surface area contributed by atoms with Crippen molar-refractivity contribution < 1.29 is 26.9 Å². The van der Waals surface area contributed by atoms with Crippen molar-refractivity contribution in [3.8, 4) is 11.6 Å². The molecule has 2 aromatic heterocycles. The number of hydrogen-bond donors (Lipinski definition) is 0. The number of aryl methyl sites for hydroxylation is 1. The highest BCUT2D eigenvalue weighted by Gasteiger charge is 2.48. The standard InChI is InChI=1S/C13H12F3N3O3S/c14-13(15,16)12-19(5-7-23-12)10(20)4-3-9-17-11(18-22-9)8-2-1-6-21-8/h1-2,6,12H,3-5,7H2. The number of carbonyl (C=O) groups excluding carboxylic acids is 1. The lowest BCUT2D eigenvalue weighted by Gasteiger charge is -2.25. The Morgan fingerprint density at radius 3 is 3.00 bits per heavy atom. The number of thioether (sulfide) groups is 1. The molecule has 2 aromatic rings. The SMILES string of the molecule is O=C(CCc1nc(-c2ccco2)no1)N1CCSC1C(F)(F)F. The van der Waals surface area contributed by atoms with Gasteiger partial charge in [0.25, 0.3) is 0 Å². The molecule has 6 nitrogen and oxygen atoms in total. The van der Waals surface area contributed by atoms with Gasteiger partial charge in [0, 0.05) is 25.1 Å². The average molecular weight is 347 g/mol. The van der Waals surface area contributed by atoms with E-state index in [1.54, 1.807) is 12.1 Å². The van der Waals surface area contributed by atoms with E-state index in [0.717, 1.165) is 16.7 Å². The van der Waals surface area contributed by atoms with Crippen LogP contribution < -0.4 is 0 Å². The van der Waals surface area contributed by atoms with Crippen LogP contribution in [0.2, 0.25) is 0 Å². The van der Waals surface area contributed by atoms with Gasteiger partial charge in [-0.1, -0.05) is 5.16 Å². The zero-order valence-corrected chi connectivity index (χ0v) is 12.6. The van der Waals surface area contributed by atoms with Gasteiger partial charge in [0.2, 0.25) is 17.6 Å². The van der Waals surface area contributed by atoms with E-state index in [9.17, 15) is 18.0 Å². The first-order valence-electron chi connectivity index (χ1n) is 6.79. The van der Waals surface area contributed by atoms with Crippen LogP contribution in [0.15, 0.2) is 27.3 Å². The summed E-state index contributed by atoms with van der Waals surface area (Å²) in [6.45, 7) is 0.0924. The van der Waals surface area contributed by atoms with Gasteiger partial charge < -0.3 is 13.8 Å². The first-order valence-corrected chi connectivity index (χ1v) is 7.84. The minimum Gasteiger partial charge on any atom is -0.461 e. The van der Waals surface area contributed by atoms with Crippen LogP contribution >= 0.6 is 11.8 Å². The van der Waals surface area contributed by atoms with Crippen molar-refractivity contribution in [3.05, 3.63) is 24.3 Å². The van der Waals surface area contributed by atoms with Crippen LogP contribution in [0.1, 0.15) is 12.3 Å². The lowest BCUT2D eigenvalue weighted by Crippen LogP contribution is -2.43. The maximum Gasteiger partial charge on any atom is 0.418 e. The van der Waals surface area contributed by atoms with E-state index in [2.05, 4.69) is 10.1 Å². The zero-order chi connectivity index (χ0) is 16.4. The van der Waals surface area contributed by atoms with Gasteiger partial charge in [0.1, 0.15) is 0 Å². The third kappa shape index (κ3) is 3.52. The predicted molar refractivity (Wildman–Crippen MR) is 74.3 cm³/mol. The summed E-state index contributed by atoms with van der Waals surface area (Å²) in [7, 11) is 0. The Kier molecular flexibility index (Phi) is 4.33. The molecular weight excluding hydrogens is 335 g/mol. The third-order valence-electron chi connectivity index (χ3n) is 3.25. The molecular formula is C13H12F3N3O3S. The molecule has 3 rings (SSSR count). The van der Waals surface area contributed by atoms with E-state index in [4.69, 9.17) is 8.94 Å². The van der Waals surface area contributed by atoms with Crippen LogP contribution in [0, 0.1) is 0 Å². The molecule has 0 spiro atoms. The molecule has 10 heteroatoms. The number of alkyl halides is 3. The number of amides is 1. The Labute approximate surface area is 133 Å². The number of halogens is 3. The molecule has 1 unspecified atom stereocenters. The van der Waals surface area contributed by atoms with E-state index in [-0.39, 0.29) is 36.9 Å². The molecule has 1 fully saturated rings. The number of nitrogens with zero attached hydrogens (tertiary/aromatic N) is 3. The average Bonchev–Trinajstić information content (AvgIpc) is 3.22. The molecule has 124 valence electrons. The fraction of sp³-hybridized carbons (Fsp3) is 0.462. The summed E-state index contributed by atoms with van der Waals surface area (Å²) < 4.78 is 48.6. The highest BCUT2D eigenvalue weighted by molar-refractivity contribution is 8.00. The van der Waals surface area contributed by atoms with Crippen molar-refractivity contribution >= 4 is 17.7 Å². The highest BCUT2D eigenvalue weighted by atomic mass is 32.2. The fourth-order valence-corrected chi connectivity index (χ4v) is 3.33. The summed E-state index contributed by atoms with van der Waals surface area (Å²) in [6.07, 6.45) is -3.00. The Morgan fingerprint density at radius 1 is 1.48 bits per heavy atom. The van der Waals surface area contributed by atoms with Crippen LogP contribution in [0.3, 0.4) is 0 Å². The zero-order valence-electron chi connectivity index (χ0n) is 11.7. The monoisotopic (exact) mass is 347 g/mol. The molecule has 0 N–H and O–H groups in total. The largest absolute Gasteiger partial charge is 0.461 e. The van der Waals surface area contributed by atoms with Crippen LogP contribution in [-0.4, -0.2) is 44.8 Å². The molecule has 0 saturated carbocycles. The van der Waals surface area contributed by atoms with Crippen molar-refractivity contribution in [2.24, 2.45) is 0 Å². The molecule has 23 heavy (non-hydrogen) atoms. The quantitative estimate of drug-likeness (QED) is 0.847. The fourth-order valence-electron chi connectivity index (χ4n) is 2.22. The Balaban J connectivity index is 1.59. The van der Waals surface area contributed by atoms with Crippen molar-refractivity contribution in [2.45, 2.75) is 24.4 Å². The lowest BCUT2D eigenvalue weighted by atomic mass is 10.2. The number of furan rings is 1. The first-order chi connectivity index (χ1) is 10.9. The molecule has 1 saturated heterocycles. The molecule has 0 bridgehead atoms. The molecule has 1 amide bonds. The van der Waals surface area contributed by atoms with Crippen molar-refractivity contribution in [1.82, 2.24) is 15.0 Å². The van der Waals surface area contributed by atoms with Crippen molar-refractivity contribution in [2.75, 3.05) is 12.3 Å². The van der Waals surface area contributed by atoms with Gasteiger partial charge >= 0.3 is 6.18 Å². The summed E-state index contributed by atoms with van der Waals surface area (Å²) >= 11 is 0.726. The lowest BCUT2D eigenvalue weighted by molar-refractivity contribution is -0.167. The van der Waals surface area contributed by atoms with E-state index >= 15 is 0 Å². The Hall–Kier alpha value is -1.97. The first kappa shape index (κ1) is 15.9. The highest BCUT2D eigenvalue weighted by Crippen LogP contribution is 2.37. The second kappa shape index (κ2) is 6.26. The van der Waals surface area contributed by atoms with Gasteiger partial charge in [0.15, 0.2) is 11.1 Å². The van der Waals surface area contributed by atoms with E-state index < -0.39 is 17.5 Å². The van der Waals surface area contributed by atoms with Gasteiger partial charge in [-0.25, -0.2) is 0 Å². The van der Waals surface area contributed by atoms with Crippen molar-refractivity contribution in [3.63, 3.8) is 0 Å². The number of carbonyl (C=O) groups is 1. The van der Waals surface area contributed by atoms with Gasteiger partial charge in [-0.3, -0.25) is 4.79 Å². The summed E-state index contributed by atoms with van der Waals surface area (Å²) in [6, 6.07) is 3.31. The molecule has 1 aliphatic heterocycles. The summed E-state index contributed by atoms with van der Waals surface area (Å²) in [5.74, 6) is 0.538. The Morgan fingerprint density at radius 2 is 2.30 bits per heavy atom. The molecule has 1 aliphatic rings. The topological polar surface area (TPSA) is 72.4 Å². The maximum absolute atomic E-state index is 12.8. The van der Waals surface area contributed by atoms with E-state index in [1.165, 1.54) is 6.26 Å². The summed E-state index contributed by atoms with van der Waals surface area (Å²) in [4.78, 5) is 16.9. The number of aromatic nitrogens is 2. The van der Waals surface area contributed by atoms with Crippen molar-refractivity contribution in [1.29, 1.82) is 0 Å². The second-order valence-electron chi connectivity index (χ2n) is 4.84. The number of hydrogen-bond acceptors (Lipinski definition) is 6. The van der Waals surface area contributed by atoms with Gasteiger partial charge in [-0.2, -0.15) is 18.2 Å². The molecule has 0 aromatic carbocycles. The van der Waals surface area contributed by atoms with Gasteiger partial charge in [0.05, 0.1) is 6.26 Å². The van der Waals surface area contributed by atoms with E-state index in [1.807, 2.05) is 0 Å². The number of rotatable bonds is 4. The van der Waals surface area contributed by atoms with Crippen LogP contribution in [0.25, 0.3) is 11.6 Å². The van der Waals surface area contributed by atoms with E-state index in [0.29, 0.717) is 5.76 Å². The Bertz CT molecular complexity index is 672. The minimum absolute atomic E-state index is 0.0816. The molecule has 0 aliphatic carbocycles. The minimum atomic E-state index is -4.42. The van der Waals surface area contributed by atoms with Crippen LogP contribution in [0.4, 0.5) is 13.2 Å². The maximum atomic E-state index is 12.8.